The minimum Gasteiger partial charge on any atom is -0.385 e. The molecule has 1 N–H and O–H groups in total. The number of anilines is 1. The van der Waals surface area contributed by atoms with E-state index in [1.165, 1.54) is 32.1 Å². The molecule has 1 aromatic heterocycles. The molecule has 45 heavy (non-hydrogen) atoms. The third kappa shape index (κ3) is 6.64. The van der Waals surface area contributed by atoms with E-state index in [2.05, 4.69) is 31.3 Å². The summed E-state index contributed by atoms with van der Waals surface area (Å²) in [6, 6.07) is 3.95. The molecule has 2 aromatic rings. The van der Waals surface area contributed by atoms with Gasteiger partial charge in [-0.25, -0.2) is 0 Å². The van der Waals surface area contributed by atoms with Crippen molar-refractivity contribution in [2.45, 2.75) is 143 Å². The van der Waals surface area contributed by atoms with E-state index in [1.54, 1.807) is 6.92 Å². The maximum Gasteiger partial charge on any atom is 0.243 e. The van der Waals surface area contributed by atoms with Crippen molar-refractivity contribution in [3.63, 3.8) is 0 Å². The standard InChI is InChI=1S/C38H53N3O4/c1-5-33(44)32-20-38-16-14-29(43)19-37(3,4)15-10-9-13-27-17-28(39-22-26-11-7-6-8-12-26)18-30-31(25(2)42)23-40(36(27)30)24-35(45)41(32)34(38)21-38/h17-18,23,26,32,34,39H,5-16,19-22,24H2,1-4H3/t32-,34+,38-/m0/s1. The van der Waals surface area contributed by atoms with Crippen LogP contribution in [-0.4, -0.2) is 51.4 Å². The first kappa shape index (κ1) is 32.0. The van der Waals surface area contributed by atoms with Gasteiger partial charge in [-0.1, -0.05) is 46.5 Å². The smallest absolute Gasteiger partial charge is 0.243 e. The van der Waals surface area contributed by atoms with Gasteiger partial charge >= 0.3 is 0 Å². The molecule has 2 aliphatic carbocycles. The molecule has 0 radical (unpaired) electrons. The van der Waals surface area contributed by atoms with E-state index in [9.17, 15) is 19.2 Å². The summed E-state index contributed by atoms with van der Waals surface area (Å²) in [6.07, 6.45) is 15.9. The molecule has 244 valence electrons. The molecular formula is C38H53N3O4. The highest BCUT2D eigenvalue weighted by Crippen LogP contribution is 2.62. The number of carbonyl (C=O) groups excluding carboxylic acids is 4. The lowest BCUT2D eigenvalue weighted by atomic mass is 9.80. The quantitative estimate of drug-likeness (QED) is 0.337. The summed E-state index contributed by atoms with van der Waals surface area (Å²) >= 11 is 0. The Balaban J connectivity index is 1.38. The Morgan fingerprint density at radius 3 is 2.49 bits per heavy atom. The van der Waals surface area contributed by atoms with Crippen molar-refractivity contribution >= 4 is 39.8 Å². The van der Waals surface area contributed by atoms with Crippen LogP contribution in [0.25, 0.3) is 10.9 Å². The predicted octanol–water partition coefficient (Wildman–Crippen LogP) is 7.67. The summed E-state index contributed by atoms with van der Waals surface area (Å²) < 4.78 is 2.00. The summed E-state index contributed by atoms with van der Waals surface area (Å²) in [6.45, 7) is 8.95. The molecule has 3 fully saturated rings. The molecule has 7 nitrogen and oxygen atoms in total. The predicted molar refractivity (Wildman–Crippen MR) is 179 cm³/mol. The van der Waals surface area contributed by atoms with Gasteiger partial charge in [-0.3, -0.25) is 19.2 Å². The van der Waals surface area contributed by atoms with Gasteiger partial charge in [-0.05, 0) is 92.7 Å². The highest BCUT2D eigenvalue weighted by atomic mass is 16.2. The van der Waals surface area contributed by atoms with Crippen molar-refractivity contribution in [1.29, 1.82) is 0 Å². The monoisotopic (exact) mass is 615 g/mol. The number of rotatable bonds is 6. The lowest BCUT2D eigenvalue weighted by Crippen LogP contribution is -2.44. The molecule has 2 bridgehead atoms. The van der Waals surface area contributed by atoms with Crippen LogP contribution in [0, 0.1) is 16.7 Å². The Bertz CT molecular complexity index is 1480. The number of aryl methyl sites for hydroxylation is 1. The van der Waals surface area contributed by atoms with E-state index in [0.717, 1.165) is 67.2 Å². The van der Waals surface area contributed by atoms with Crippen LogP contribution in [0.4, 0.5) is 5.69 Å². The molecule has 1 saturated heterocycles. The van der Waals surface area contributed by atoms with Crippen LogP contribution in [-0.2, 0) is 27.3 Å². The van der Waals surface area contributed by atoms with E-state index in [-0.39, 0.29) is 40.9 Å². The maximum atomic E-state index is 14.2. The normalized spacial score (nSPS) is 27.7. The highest BCUT2D eigenvalue weighted by molar-refractivity contribution is 6.09. The van der Waals surface area contributed by atoms with Crippen LogP contribution >= 0.6 is 0 Å². The Morgan fingerprint density at radius 2 is 1.76 bits per heavy atom. The lowest BCUT2D eigenvalue weighted by Gasteiger charge is -2.27. The molecule has 1 amide bonds. The summed E-state index contributed by atoms with van der Waals surface area (Å²) in [5.41, 5.74) is 3.63. The molecule has 7 heteroatoms. The number of hydrogen-bond donors (Lipinski definition) is 1. The number of ketones is 3. The fourth-order valence-electron chi connectivity index (χ4n) is 8.99. The zero-order valence-corrected chi connectivity index (χ0v) is 28.0. The largest absolute Gasteiger partial charge is 0.385 e. The topological polar surface area (TPSA) is 88.5 Å². The second kappa shape index (κ2) is 12.7. The molecular weight excluding hydrogens is 562 g/mol. The Labute approximate surface area is 268 Å². The van der Waals surface area contributed by atoms with Gasteiger partial charge in [0.1, 0.15) is 12.3 Å². The Hall–Kier alpha value is -2.96. The van der Waals surface area contributed by atoms with Gasteiger partial charge in [0.2, 0.25) is 5.91 Å². The Morgan fingerprint density at radius 1 is 0.978 bits per heavy atom. The molecule has 3 heterocycles. The summed E-state index contributed by atoms with van der Waals surface area (Å²) in [4.78, 5) is 55.4. The van der Waals surface area contributed by atoms with Crippen molar-refractivity contribution in [3.8, 4) is 0 Å². The minimum atomic E-state index is -0.421. The number of carbonyl (C=O) groups is 4. The van der Waals surface area contributed by atoms with E-state index >= 15 is 0 Å². The van der Waals surface area contributed by atoms with Gasteiger partial charge in [-0.2, -0.15) is 0 Å². The van der Waals surface area contributed by atoms with Gasteiger partial charge < -0.3 is 14.8 Å². The van der Waals surface area contributed by atoms with E-state index in [1.807, 2.05) is 22.6 Å². The second-order valence-corrected chi connectivity index (χ2v) is 15.7. The zero-order chi connectivity index (χ0) is 31.9. The van der Waals surface area contributed by atoms with E-state index in [0.29, 0.717) is 42.9 Å². The number of amides is 1. The second-order valence-electron chi connectivity index (χ2n) is 15.7. The SMILES string of the molecule is CCC(=O)[C@@H]1C[C@]23CCC(=O)CC(C)(C)CCCCc4cc(NCC5CCCCC5)cc5c(C(C)=O)cn(c45)CC(=O)N1[C@@H]2C3. The first-order chi connectivity index (χ1) is 21.5. The molecule has 4 aliphatic rings. The third-order valence-corrected chi connectivity index (χ3v) is 11.6. The van der Waals surface area contributed by atoms with Crippen LogP contribution in [0.3, 0.4) is 0 Å². The summed E-state index contributed by atoms with van der Waals surface area (Å²) in [5.74, 6) is 1.03. The average Bonchev–Trinajstić information content (AvgIpc) is 3.42. The van der Waals surface area contributed by atoms with Gasteiger partial charge in [0.25, 0.3) is 0 Å². The fraction of sp³-hybridized carbons (Fsp3) is 0.684. The average molecular weight is 616 g/mol. The van der Waals surface area contributed by atoms with Gasteiger partial charge in [0.05, 0.1) is 11.6 Å². The van der Waals surface area contributed by atoms with Crippen LogP contribution < -0.4 is 5.32 Å². The van der Waals surface area contributed by atoms with Crippen molar-refractivity contribution in [1.82, 2.24) is 9.47 Å². The molecule has 0 unspecified atom stereocenters. The number of aromatic nitrogens is 1. The third-order valence-electron chi connectivity index (χ3n) is 11.6. The van der Waals surface area contributed by atoms with Crippen molar-refractivity contribution in [2.75, 3.05) is 11.9 Å². The minimum absolute atomic E-state index is 0.00319. The van der Waals surface area contributed by atoms with Gasteiger partial charge in [0.15, 0.2) is 11.6 Å². The molecule has 3 atom stereocenters. The number of Topliss-reactive ketones (excluding diaryl/α,β-unsaturated/α-hetero) is 3. The molecule has 2 saturated carbocycles. The molecule has 6 rings (SSSR count). The summed E-state index contributed by atoms with van der Waals surface area (Å²) in [5, 5.41) is 4.63. The van der Waals surface area contributed by atoms with Crippen molar-refractivity contribution < 1.29 is 19.2 Å². The molecule has 0 spiro atoms. The zero-order valence-electron chi connectivity index (χ0n) is 28.0. The maximum absolute atomic E-state index is 14.2. The number of nitrogens with zero attached hydrogens (tertiary/aromatic N) is 2. The number of benzene rings is 1. The first-order valence-corrected chi connectivity index (χ1v) is 17.8. The molecule has 1 aromatic carbocycles. The van der Waals surface area contributed by atoms with Gasteiger partial charge in [0, 0.05) is 54.7 Å². The van der Waals surface area contributed by atoms with Crippen LogP contribution in [0.5, 0.6) is 0 Å². The number of hydrogen-bond acceptors (Lipinski definition) is 5. The number of nitrogens with one attached hydrogen (secondary N) is 1. The van der Waals surface area contributed by atoms with Crippen molar-refractivity contribution in [3.05, 3.63) is 29.5 Å². The number of piperidine rings is 1. The van der Waals surface area contributed by atoms with Crippen LogP contribution in [0.1, 0.15) is 134 Å². The first-order valence-electron chi connectivity index (χ1n) is 17.8. The van der Waals surface area contributed by atoms with E-state index < -0.39 is 6.04 Å². The van der Waals surface area contributed by atoms with Crippen molar-refractivity contribution in [2.24, 2.45) is 16.7 Å². The molecule has 2 aliphatic heterocycles. The fourth-order valence-corrected chi connectivity index (χ4v) is 8.99. The Kier molecular flexibility index (Phi) is 9.02. The summed E-state index contributed by atoms with van der Waals surface area (Å²) in [7, 11) is 0. The van der Waals surface area contributed by atoms with E-state index in [4.69, 9.17) is 0 Å². The lowest BCUT2D eigenvalue weighted by molar-refractivity contribution is -0.139. The van der Waals surface area contributed by atoms with Crippen LogP contribution in [0.15, 0.2) is 18.3 Å². The van der Waals surface area contributed by atoms with Gasteiger partial charge in [-0.15, -0.1) is 0 Å². The van der Waals surface area contributed by atoms with Crippen LogP contribution in [0.2, 0.25) is 0 Å². The highest BCUT2D eigenvalue weighted by Gasteiger charge is 2.66.